The zero-order valence-electron chi connectivity index (χ0n) is 23.2. The maximum Gasteiger partial charge on any atom is 0.295 e. The van der Waals surface area contributed by atoms with Crippen LogP contribution in [0.3, 0.4) is 0 Å². The van der Waals surface area contributed by atoms with Crippen molar-refractivity contribution in [3.63, 3.8) is 0 Å². The highest BCUT2D eigenvalue weighted by molar-refractivity contribution is 6.46. The third-order valence-electron chi connectivity index (χ3n) is 7.38. The van der Waals surface area contributed by atoms with Gasteiger partial charge in [0.15, 0.2) is 11.5 Å². The highest BCUT2D eigenvalue weighted by Crippen LogP contribution is 2.42. The van der Waals surface area contributed by atoms with Gasteiger partial charge in [0.1, 0.15) is 18.1 Å². The van der Waals surface area contributed by atoms with E-state index >= 15 is 0 Å². The number of ketones is 1. The van der Waals surface area contributed by atoms with E-state index in [9.17, 15) is 14.7 Å². The maximum absolute atomic E-state index is 13.5. The lowest BCUT2D eigenvalue weighted by Crippen LogP contribution is -2.42. The molecule has 1 N–H and O–H groups in total. The number of hydrogen-bond acceptors (Lipinski definition) is 8. The lowest BCUT2D eigenvalue weighted by atomic mass is 9.95. The predicted octanol–water partition coefficient (Wildman–Crippen LogP) is 4.04. The van der Waals surface area contributed by atoms with Crippen LogP contribution in [0.25, 0.3) is 5.76 Å². The lowest BCUT2D eigenvalue weighted by molar-refractivity contribution is -0.140. The van der Waals surface area contributed by atoms with Gasteiger partial charge >= 0.3 is 0 Å². The van der Waals surface area contributed by atoms with Gasteiger partial charge in [0.25, 0.3) is 11.7 Å². The van der Waals surface area contributed by atoms with Crippen LogP contribution in [0.2, 0.25) is 0 Å². The average Bonchev–Trinajstić information content (AvgIpc) is 3.28. The lowest BCUT2D eigenvalue weighted by Gasteiger charge is -2.31. The molecule has 2 saturated heterocycles. The zero-order chi connectivity index (χ0) is 28.8. The highest BCUT2D eigenvalue weighted by Gasteiger charge is 2.46. The van der Waals surface area contributed by atoms with Crippen molar-refractivity contribution in [3.8, 4) is 17.2 Å². The van der Waals surface area contributed by atoms with Gasteiger partial charge in [0, 0.05) is 31.7 Å². The van der Waals surface area contributed by atoms with Crippen LogP contribution >= 0.6 is 0 Å². The molecule has 2 aliphatic heterocycles. The molecule has 0 aromatic heterocycles. The minimum absolute atomic E-state index is 0.0187. The van der Waals surface area contributed by atoms with Crippen LogP contribution in [0.1, 0.15) is 22.7 Å². The molecule has 2 aliphatic rings. The first kappa shape index (κ1) is 28.2. The van der Waals surface area contributed by atoms with Gasteiger partial charge in [-0.1, -0.05) is 48.5 Å². The van der Waals surface area contributed by atoms with Gasteiger partial charge in [-0.3, -0.25) is 14.5 Å². The van der Waals surface area contributed by atoms with E-state index in [0.29, 0.717) is 61.3 Å². The Hall–Kier alpha value is -4.34. The number of hydrogen-bond donors (Lipinski definition) is 1. The molecular weight excluding hydrogens is 524 g/mol. The SMILES string of the molecule is COc1cccc(C(O)=C2C(=O)C(=O)N(CCN3CCOCC3)C2c2ccc(OCc3ccccc3)c(OC)c2)c1. The maximum atomic E-state index is 13.5. The summed E-state index contributed by atoms with van der Waals surface area (Å²) in [4.78, 5) is 30.6. The van der Waals surface area contributed by atoms with E-state index in [-0.39, 0.29) is 11.3 Å². The number of rotatable bonds is 10. The number of carbonyl (C=O) groups excluding carboxylic acids is 2. The second kappa shape index (κ2) is 12.9. The molecule has 3 aromatic carbocycles. The standard InChI is InChI=1S/C32H34N2O7/c1-38-25-10-6-9-24(19-25)30(35)28-29(34(32(37)31(28)36)14-13-33-15-17-40-18-16-33)23-11-12-26(27(20-23)39-2)41-21-22-7-4-3-5-8-22/h3-12,19-20,29,35H,13-18,21H2,1-2H3. The Balaban J connectivity index is 1.52. The highest BCUT2D eigenvalue weighted by atomic mass is 16.5. The van der Waals surface area contributed by atoms with Crippen LogP contribution in [-0.4, -0.2) is 80.2 Å². The molecule has 214 valence electrons. The summed E-state index contributed by atoms with van der Waals surface area (Å²) >= 11 is 0. The van der Waals surface area contributed by atoms with Gasteiger partial charge < -0.3 is 29.0 Å². The number of morpholine rings is 1. The number of likely N-dealkylation sites (tertiary alicyclic amines) is 1. The second-order valence-corrected chi connectivity index (χ2v) is 9.86. The monoisotopic (exact) mass is 558 g/mol. The molecule has 2 fully saturated rings. The summed E-state index contributed by atoms with van der Waals surface area (Å²) in [6.45, 7) is 3.98. The number of Topliss-reactive ketones (excluding diaryl/α,β-unsaturated/α-hetero) is 1. The number of methoxy groups -OCH3 is 2. The first-order valence-corrected chi connectivity index (χ1v) is 13.6. The Morgan fingerprint density at radius 2 is 1.68 bits per heavy atom. The fourth-order valence-electron chi connectivity index (χ4n) is 5.17. The number of aliphatic hydroxyl groups excluding tert-OH is 1. The Kier molecular flexibility index (Phi) is 8.86. The van der Waals surface area contributed by atoms with Crippen molar-refractivity contribution in [3.05, 3.63) is 95.1 Å². The second-order valence-electron chi connectivity index (χ2n) is 9.86. The summed E-state index contributed by atoms with van der Waals surface area (Å²) in [7, 11) is 3.07. The van der Waals surface area contributed by atoms with Crippen LogP contribution in [0, 0.1) is 0 Å². The summed E-state index contributed by atoms with van der Waals surface area (Å²) in [5.41, 5.74) is 2.04. The molecule has 0 saturated carbocycles. The summed E-state index contributed by atoms with van der Waals surface area (Å²) in [5, 5.41) is 11.4. The van der Waals surface area contributed by atoms with Gasteiger partial charge in [-0.15, -0.1) is 0 Å². The van der Waals surface area contributed by atoms with Crippen molar-refractivity contribution in [2.75, 3.05) is 53.6 Å². The number of carbonyl (C=O) groups is 2. The van der Waals surface area contributed by atoms with E-state index in [1.54, 1.807) is 49.6 Å². The van der Waals surface area contributed by atoms with Gasteiger partial charge in [0.2, 0.25) is 0 Å². The van der Waals surface area contributed by atoms with Crippen LogP contribution in [-0.2, 0) is 20.9 Å². The molecule has 41 heavy (non-hydrogen) atoms. The summed E-state index contributed by atoms with van der Waals surface area (Å²) in [6.07, 6.45) is 0. The molecule has 0 bridgehead atoms. The number of nitrogens with zero attached hydrogens (tertiary/aromatic N) is 2. The largest absolute Gasteiger partial charge is 0.507 e. The number of ether oxygens (including phenoxy) is 4. The van der Waals surface area contributed by atoms with E-state index in [4.69, 9.17) is 18.9 Å². The molecule has 5 rings (SSSR count). The molecule has 0 radical (unpaired) electrons. The van der Waals surface area contributed by atoms with Crippen LogP contribution in [0.4, 0.5) is 0 Å². The molecule has 9 heteroatoms. The van der Waals surface area contributed by atoms with E-state index < -0.39 is 17.7 Å². The van der Waals surface area contributed by atoms with Gasteiger partial charge in [0.05, 0.1) is 39.0 Å². The smallest absolute Gasteiger partial charge is 0.295 e. The normalized spacial score (nSPS) is 18.9. The summed E-state index contributed by atoms with van der Waals surface area (Å²) < 4.78 is 22.4. The zero-order valence-corrected chi connectivity index (χ0v) is 23.2. The van der Waals surface area contributed by atoms with Crippen molar-refractivity contribution in [1.82, 2.24) is 9.80 Å². The molecule has 0 spiro atoms. The van der Waals surface area contributed by atoms with E-state index in [1.165, 1.54) is 12.0 Å². The Morgan fingerprint density at radius 1 is 0.902 bits per heavy atom. The molecule has 3 aromatic rings. The molecule has 1 atom stereocenters. The number of aliphatic hydroxyl groups is 1. The van der Waals surface area contributed by atoms with Crippen molar-refractivity contribution >= 4 is 17.4 Å². The Labute approximate surface area is 239 Å². The quantitative estimate of drug-likeness (QED) is 0.226. The average molecular weight is 559 g/mol. The summed E-state index contributed by atoms with van der Waals surface area (Å²) in [6, 6.07) is 21.1. The fourth-order valence-corrected chi connectivity index (χ4v) is 5.17. The predicted molar refractivity (Wildman–Crippen MR) is 153 cm³/mol. The fraction of sp³-hybridized carbons (Fsp3) is 0.312. The van der Waals surface area contributed by atoms with E-state index in [2.05, 4.69) is 4.90 Å². The molecule has 0 aliphatic carbocycles. The number of benzene rings is 3. The molecule has 1 unspecified atom stereocenters. The minimum Gasteiger partial charge on any atom is -0.507 e. The summed E-state index contributed by atoms with van der Waals surface area (Å²) in [5.74, 6) is -0.147. The van der Waals surface area contributed by atoms with Crippen molar-refractivity contribution in [2.45, 2.75) is 12.6 Å². The number of amides is 1. The van der Waals surface area contributed by atoms with E-state index in [1.807, 2.05) is 30.3 Å². The Morgan fingerprint density at radius 3 is 2.41 bits per heavy atom. The van der Waals surface area contributed by atoms with Crippen LogP contribution in [0.15, 0.2) is 78.4 Å². The third kappa shape index (κ3) is 6.21. The molecule has 9 nitrogen and oxygen atoms in total. The first-order chi connectivity index (χ1) is 20.0. The van der Waals surface area contributed by atoms with Crippen LogP contribution in [0.5, 0.6) is 17.2 Å². The molecule has 2 heterocycles. The first-order valence-electron chi connectivity index (χ1n) is 13.6. The van der Waals surface area contributed by atoms with Gasteiger partial charge in [-0.25, -0.2) is 0 Å². The Bertz CT molecular complexity index is 1420. The topological polar surface area (TPSA) is 97.8 Å². The van der Waals surface area contributed by atoms with Crippen molar-refractivity contribution in [1.29, 1.82) is 0 Å². The van der Waals surface area contributed by atoms with E-state index in [0.717, 1.165) is 18.7 Å². The van der Waals surface area contributed by atoms with Crippen LogP contribution < -0.4 is 14.2 Å². The minimum atomic E-state index is -0.820. The molecular formula is C32H34N2O7. The third-order valence-corrected chi connectivity index (χ3v) is 7.38. The van der Waals surface area contributed by atoms with Gasteiger partial charge in [-0.2, -0.15) is 0 Å². The van der Waals surface area contributed by atoms with Crippen molar-refractivity contribution in [2.24, 2.45) is 0 Å². The van der Waals surface area contributed by atoms with Crippen molar-refractivity contribution < 1.29 is 33.6 Å². The van der Waals surface area contributed by atoms with Gasteiger partial charge in [-0.05, 0) is 35.4 Å². The molecule has 1 amide bonds.